The lowest BCUT2D eigenvalue weighted by Crippen LogP contribution is -2.45. The van der Waals surface area contributed by atoms with E-state index in [0.717, 1.165) is 38.5 Å². The second kappa shape index (κ2) is 47.8. The maximum Gasteiger partial charge on any atom is 0.472 e. The van der Waals surface area contributed by atoms with Crippen LogP contribution in [0, 0.1) is 0 Å². The van der Waals surface area contributed by atoms with Gasteiger partial charge in [-0.2, -0.15) is 0 Å². The van der Waals surface area contributed by atoms with Crippen LogP contribution in [-0.4, -0.2) is 73.4 Å². The van der Waals surface area contributed by atoms with Crippen LogP contribution in [0.2, 0.25) is 0 Å². The second-order valence-corrected chi connectivity index (χ2v) is 21.8. The summed E-state index contributed by atoms with van der Waals surface area (Å²) in [5.41, 5.74) is 0. The summed E-state index contributed by atoms with van der Waals surface area (Å²) in [7, 11) is 1.56. The number of amides is 1. The SMILES string of the molecule is CCCCCCCC/C=C\CCCCCCCCCC(=O)NC(COP(=O)(O)OCC[N+](C)(C)C)C(O)/C=C/CC/C=C/CCCCCCCCCCCCCCCCCCCCCC. The summed E-state index contributed by atoms with van der Waals surface area (Å²) in [4.78, 5) is 23.2. The number of aliphatic hydroxyl groups excluding tert-OH is 1. The van der Waals surface area contributed by atoms with Gasteiger partial charge in [0, 0.05) is 6.42 Å². The van der Waals surface area contributed by atoms with Crippen molar-refractivity contribution >= 4 is 13.7 Å². The van der Waals surface area contributed by atoms with Crippen LogP contribution in [0.3, 0.4) is 0 Å². The van der Waals surface area contributed by atoms with E-state index in [1.165, 1.54) is 205 Å². The summed E-state index contributed by atoms with van der Waals surface area (Å²) < 4.78 is 23.7. The van der Waals surface area contributed by atoms with E-state index in [0.29, 0.717) is 17.4 Å². The van der Waals surface area contributed by atoms with E-state index in [1.807, 2.05) is 27.2 Å². The number of aliphatic hydroxyl groups is 1. The van der Waals surface area contributed by atoms with E-state index in [-0.39, 0.29) is 19.1 Å². The van der Waals surface area contributed by atoms with E-state index in [2.05, 4.69) is 43.5 Å². The summed E-state index contributed by atoms with van der Waals surface area (Å²) in [6.07, 6.45) is 61.0. The number of nitrogens with one attached hydrogen (secondary N) is 1. The molecule has 3 N–H and O–H groups in total. The number of carbonyl (C=O) groups excluding carboxylic acids is 1. The van der Waals surface area contributed by atoms with Crippen molar-refractivity contribution in [3.8, 4) is 0 Å². The molecule has 0 aliphatic rings. The minimum absolute atomic E-state index is 0.0558. The van der Waals surface area contributed by atoms with Crippen LogP contribution in [0.25, 0.3) is 0 Å². The molecule has 0 spiro atoms. The van der Waals surface area contributed by atoms with Crippen molar-refractivity contribution in [1.82, 2.24) is 5.32 Å². The van der Waals surface area contributed by atoms with Gasteiger partial charge < -0.3 is 19.8 Å². The molecule has 0 aromatic rings. The Bertz CT molecular complexity index is 1150. The molecule has 3 unspecified atom stereocenters. The van der Waals surface area contributed by atoms with Gasteiger partial charge in [-0.15, -0.1) is 0 Å². The maximum absolute atomic E-state index is 12.9. The predicted molar refractivity (Wildman–Crippen MR) is 281 cm³/mol. The average Bonchev–Trinajstić information content (AvgIpc) is 3.26. The summed E-state index contributed by atoms with van der Waals surface area (Å²) in [6, 6.07) is -0.865. The Balaban J connectivity index is 4.26. The number of hydrogen-bond acceptors (Lipinski definition) is 5. The molecule has 0 saturated heterocycles. The van der Waals surface area contributed by atoms with Crippen molar-refractivity contribution in [1.29, 1.82) is 0 Å². The van der Waals surface area contributed by atoms with Gasteiger partial charge >= 0.3 is 7.82 Å². The molecule has 0 aromatic carbocycles. The third-order valence-corrected chi connectivity index (χ3v) is 13.6. The highest BCUT2D eigenvalue weighted by Gasteiger charge is 2.27. The van der Waals surface area contributed by atoms with E-state index in [1.54, 1.807) is 6.08 Å². The van der Waals surface area contributed by atoms with E-state index in [4.69, 9.17) is 9.05 Å². The minimum Gasteiger partial charge on any atom is -0.387 e. The molecular weight excluding hydrogens is 828 g/mol. The second-order valence-electron chi connectivity index (χ2n) is 20.3. The van der Waals surface area contributed by atoms with Crippen LogP contribution in [0.1, 0.15) is 264 Å². The van der Waals surface area contributed by atoms with Crippen LogP contribution < -0.4 is 5.32 Å². The molecule has 0 aromatic heterocycles. The molecule has 0 radical (unpaired) electrons. The molecule has 384 valence electrons. The first kappa shape index (κ1) is 63.7. The number of unbranched alkanes of at least 4 members (excludes halogenated alkanes) is 34. The lowest BCUT2D eigenvalue weighted by molar-refractivity contribution is -0.870. The van der Waals surface area contributed by atoms with Crippen LogP contribution in [0.4, 0.5) is 0 Å². The fraction of sp³-hybridized carbons (Fsp3) is 0.875. The number of phosphoric acid groups is 1. The van der Waals surface area contributed by atoms with Gasteiger partial charge in [0.2, 0.25) is 5.91 Å². The molecule has 1 amide bonds. The van der Waals surface area contributed by atoms with Crippen LogP contribution >= 0.6 is 7.82 Å². The normalized spacial score (nSPS) is 14.3. The summed E-state index contributed by atoms with van der Waals surface area (Å²) in [5.74, 6) is -0.189. The van der Waals surface area contributed by atoms with Gasteiger partial charge in [0.05, 0.1) is 39.9 Å². The number of hydrogen-bond donors (Lipinski definition) is 3. The Morgan fingerprint density at radius 3 is 1.23 bits per heavy atom. The maximum atomic E-state index is 12.9. The van der Waals surface area contributed by atoms with Gasteiger partial charge in [-0.05, 0) is 57.8 Å². The zero-order chi connectivity index (χ0) is 47.8. The number of phosphoric ester groups is 1. The fourth-order valence-electron chi connectivity index (χ4n) is 8.17. The lowest BCUT2D eigenvalue weighted by Gasteiger charge is -2.25. The number of quaternary nitrogens is 1. The highest BCUT2D eigenvalue weighted by atomic mass is 31.2. The summed E-state index contributed by atoms with van der Waals surface area (Å²) in [5, 5.41) is 13.9. The fourth-order valence-corrected chi connectivity index (χ4v) is 8.91. The molecular formula is C56H110N2O6P+. The number of likely N-dealkylation sites (N-methyl/N-ethyl adjacent to an activating group) is 1. The molecule has 0 saturated carbocycles. The molecule has 8 nitrogen and oxygen atoms in total. The third-order valence-electron chi connectivity index (χ3n) is 12.6. The zero-order valence-corrected chi connectivity index (χ0v) is 44.6. The number of carbonyl (C=O) groups is 1. The standard InChI is InChI=1S/C56H109N2O6P/c1-6-8-10-12-14-16-18-20-22-24-25-26-27-28-29-30-31-32-34-35-37-39-41-43-45-47-49-55(59)54(53-64-65(61,62)63-52-51-58(3,4)5)57-56(60)50-48-46-44-42-40-38-36-33-23-21-19-17-15-13-11-9-7-2/h21,23,39,41,47,49,54-55,59H,6-20,22,24-38,40,42-46,48,50-53H2,1-5H3,(H-,57,60,61,62)/p+1/b23-21-,41-39+,49-47+. The Kier molecular flexibility index (Phi) is 46.8. The van der Waals surface area contributed by atoms with Gasteiger partial charge in [-0.1, -0.05) is 237 Å². The molecule has 3 atom stereocenters. The molecule has 0 aliphatic heterocycles. The summed E-state index contributed by atoms with van der Waals surface area (Å²) >= 11 is 0. The van der Waals surface area contributed by atoms with Crippen molar-refractivity contribution in [3.63, 3.8) is 0 Å². The van der Waals surface area contributed by atoms with Crippen molar-refractivity contribution in [2.45, 2.75) is 276 Å². The van der Waals surface area contributed by atoms with Crippen molar-refractivity contribution < 1.29 is 32.9 Å². The van der Waals surface area contributed by atoms with Gasteiger partial charge in [-0.3, -0.25) is 13.8 Å². The minimum atomic E-state index is -4.35. The highest BCUT2D eigenvalue weighted by molar-refractivity contribution is 7.47. The van der Waals surface area contributed by atoms with Gasteiger partial charge in [-0.25, -0.2) is 4.57 Å². The largest absolute Gasteiger partial charge is 0.472 e. The Morgan fingerprint density at radius 1 is 0.508 bits per heavy atom. The number of nitrogens with zero attached hydrogens (tertiary/aromatic N) is 1. The number of rotatable bonds is 51. The van der Waals surface area contributed by atoms with Gasteiger partial charge in [0.1, 0.15) is 13.2 Å². The zero-order valence-electron chi connectivity index (χ0n) is 43.7. The van der Waals surface area contributed by atoms with Gasteiger partial charge in [0.25, 0.3) is 0 Å². The highest BCUT2D eigenvalue weighted by Crippen LogP contribution is 2.43. The van der Waals surface area contributed by atoms with Crippen molar-refractivity contribution in [2.24, 2.45) is 0 Å². The Labute approximate surface area is 404 Å². The Morgan fingerprint density at radius 2 is 0.846 bits per heavy atom. The monoisotopic (exact) mass is 938 g/mol. The van der Waals surface area contributed by atoms with E-state index in [9.17, 15) is 19.4 Å². The first-order valence-electron chi connectivity index (χ1n) is 27.9. The van der Waals surface area contributed by atoms with Crippen LogP contribution in [-0.2, 0) is 18.4 Å². The lowest BCUT2D eigenvalue weighted by atomic mass is 10.0. The van der Waals surface area contributed by atoms with Crippen LogP contribution in [0.5, 0.6) is 0 Å². The van der Waals surface area contributed by atoms with Crippen LogP contribution in [0.15, 0.2) is 36.5 Å². The third kappa shape index (κ3) is 50.4. The summed E-state index contributed by atoms with van der Waals surface area (Å²) in [6.45, 7) is 4.81. The molecule has 65 heavy (non-hydrogen) atoms. The first-order valence-corrected chi connectivity index (χ1v) is 29.4. The smallest absolute Gasteiger partial charge is 0.387 e. The quantitative estimate of drug-likeness (QED) is 0.0243. The number of allylic oxidation sites excluding steroid dienone is 5. The van der Waals surface area contributed by atoms with E-state index >= 15 is 0 Å². The van der Waals surface area contributed by atoms with Gasteiger partial charge in [0.15, 0.2) is 0 Å². The first-order chi connectivity index (χ1) is 31.5. The molecule has 0 bridgehead atoms. The molecule has 0 heterocycles. The van der Waals surface area contributed by atoms with Crippen molar-refractivity contribution in [3.05, 3.63) is 36.5 Å². The topological polar surface area (TPSA) is 105 Å². The molecule has 0 rings (SSSR count). The van der Waals surface area contributed by atoms with E-state index < -0.39 is 20.0 Å². The molecule has 0 aliphatic carbocycles. The predicted octanol–water partition coefficient (Wildman–Crippen LogP) is 16.6. The molecule has 0 fully saturated rings. The average molecular weight is 938 g/mol. The molecule has 9 heteroatoms. The Hall–Kier alpha value is -1.28. The van der Waals surface area contributed by atoms with Crippen molar-refractivity contribution in [2.75, 3.05) is 40.9 Å².